The molecule has 0 fully saturated rings. The number of hydrogen-bond donors (Lipinski definition) is 0. The van der Waals surface area contributed by atoms with Gasteiger partial charge in [0, 0.05) is 39.2 Å². The van der Waals surface area contributed by atoms with Crippen LogP contribution in [0.1, 0.15) is 103 Å². The summed E-state index contributed by atoms with van der Waals surface area (Å²) >= 11 is 0. The monoisotopic (exact) mass is 786 g/mol. The molecule has 4 nitrogen and oxygen atoms in total. The third kappa shape index (κ3) is 6.76. The molecule has 1 aliphatic rings. The van der Waals surface area contributed by atoms with Gasteiger partial charge >= 0.3 is 0 Å². The summed E-state index contributed by atoms with van der Waals surface area (Å²) in [4.78, 5) is 10.0. The molecule has 0 amide bonds. The van der Waals surface area contributed by atoms with Gasteiger partial charge in [-0.1, -0.05) is 160 Å². The number of pyridine rings is 1. The quantitative estimate of drug-likeness (QED) is 0.161. The van der Waals surface area contributed by atoms with E-state index in [1.165, 1.54) is 66.9 Å². The molecule has 0 unspecified atom stereocenters. The third-order valence-corrected chi connectivity index (χ3v) is 13.2. The molecule has 0 spiro atoms. The van der Waals surface area contributed by atoms with Crippen LogP contribution in [0.4, 0.5) is 22.7 Å². The van der Waals surface area contributed by atoms with Crippen molar-refractivity contribution in [2.45, 2.75) is 90.9 Å². The Morgan fingerprint density at radius 3 is 1.62 bits per heavy atom. The van der Waals surface area contributed by atoms with Crippen LogP contribution in [0.3, 0.4) is 0 Å². The van der Waals surface area contributed by atoms with E-state index in [2.05, 4.69) is 235 Å². The van der Waals surface area contributed by atoms with Gasteiger partial charge in [-0.05, 0) is 105 Å². The maximum atomic E-state index is 5.03. The topological polar surface area (TPSA) is 24.3 Å². The summed E-state index contributed by atoms with van der Waals surface area (Å²) in [5.41, 5.74) is 14.6. The number of para-hydroxylation sites is 3. The zero-order valence-electron chi connectivity index (χ0n) is 37.0. The van der Waals surface area contributed by atoms with Crippen LogP contribution < -0.4 is 9.80 Å². The highest BCUT2D eigenvalue weighted by molar-refractivity contribution is 6.09. The van der Waals surface area contributed by atoms with Crippen LogP contribution in [-0.2, 0) is 21.7 Å². The minimum Gasteiger partial charge on any atom is -0.321 e. The Bertz CT molecular complexity index is 2850. The minimum atomic E-state index is -0.294. The van der Waals surface area contributed by atoms with Gasteiger partial charge in [-0.25, -0.2) is 4.98 Å². The van der Waals surface area contributed by atoms with Gasteiger partial charge in [0.15, 0.2) is 0 Å². The molecule has 302 valence electrons. The molecule has 0 saturated heterocycles. The predicted octanol–water partition coefficient (Wildman–Crippen LogP) is 14.7. The lowest BCUT2D eigenvalue weighted by Crippen LogP contribution is -2.26. The van der Waals surface area contributed by atoms with Crippen LogP contribution in [0, 0.1) is 0 Å². The second kappa shape index (κ2) is 14.3. The van der Waals surface area contributed by atoms with Crippen LogP contribution >= 0.6 is 0 Å². The summed E-state index contributed by atoms with van der Waals surface area (Å²) in [5, 5.41) is 2.46. The molecule has 3 heterocycles. The highest BCUT2D eigenvalue weighted by Gasteiger charge is 2.32. The van der Waals surface area contributed by atoms with Crippen molar-refractivity contribution in [3.05, 3.63) is 191 Å². The van der Waals surface area contributed by atoms with Crippen LogP contribution in [0.2, 0.25) is 0 Å². The van der Waals surface area contributed by atoms with E-state index in [4.69, 9.17) is 4.98 Å². The van der Waals surface area contributed by atoms with E-state index in [0.717, 1.165) is 23.5 Å². The first-order valence-electron chi connectivity index (χ1n) is 21.5. The van der Waals surface area contributed by atoms with Crippen molar-refractivity contribution in [1.82, 2.24) is 9.55 Å². The van der Waals surface area contributed by atoms with Crippen LogP contribution in [0.5, 0.6) is 0 Å². The first-order chi connectivity index (χ1) is 28.5. The number of nitrogens with zero attached hydrogens (tertiary/aromatic N) is 4. The molecule has 0 atom stereocenters. The standard InChI is InChI=1S/C56H58N4/c1-53(2,3)42-31-43(54(4,5)6)34-45(33-42)59-37-58(49-25-16-17-26-50(49)59)44-22-18-21-39(32-44)56(9,10)40-27-28-47-46-23-14-15-24-48(46)60(51(47)35-40)52-36-41(29-30-57-52)55(7,8)38-19-12-11-13-20-38/h11-36H,37H2,1-10H3. The van der Waals surface area contributed by atoms with Gasteiger partial charge in [-0.3, -0.25) is 4.57 Å². The molecular formula is C56H58N4. The van der Waals surface area contributed by atoms with Gasteiger partial charge in [-0.15, -0.1) is 0 Å². The number of rotatable bonds is 7. The lowest BCUT2D eigenvalue weighted by Gasteiger charge is -2.30. The highest BCUT2D eigenvalue weighted by atomic mass is 15.4. The van der Waals surface area contributed by atoms with Crippen molar-refractivity contribution < 1.29 is 0 Å². The fraction of sp³-hybridized carbons (Fsp3) is 0.268. The molecule has 2 aromatic heterocycles. The van der Waals surface area contributed by atoms with Crippen LogP contribution in [0.15, 0.2) is 158 Å². The Hall–Kier alpha value is -6.13. The van der Waals surface area contributed by atoms with Crippen molar-refractivity contribution in [2.24, 2.45) is 0 Å². The fourth-order valence-corrected chi connectivity index (χ4v) is 9.08. The molecule has 60 heavy (non-hydrogen) atoms. The number of hydrogen-bond acceptors (Lipinski definition) is 3. The average molecular weight is 787 g/mol. The number of fused-ring (bicyclic) bond motifs is 4. The van der Waals surface area contributed by atoms with E-state index in [1.54, 1.807) is 0 Å². The zero-order chi connectivity index (χ0) is 42.2. The zero-order valence-corrected chi connectivity index (χ0v) is 37.0. The Morgan fingerprint density at radius 2 is 0.933 bits per heavy atom. The largest absolute Gasteiger partial charge is 0.321 e. The summed E-state index contributed by atoms with van der Waals surface area (Å²) in [6.07, 6.45) is 1.97. The molecule has 4 heteroatoms. The van der Waals surface area contributed by atoms with E-state index in [1.807, 2.05) is 6.20 Å². The second-order valence-corrected chi connectivity index (χ2v) is 19.9. The van der Waals surface area contributed by atoms with Crippen molar-refractivity contribution in [1.29, 1.82) is 0 Å². The lowest BCUT2D eigenvalue weighted by molar-refractivity contribution is 0.568. The molecule has 0 radical (unpaired) electrons. The number of aromatic nitrogens is 2. The van der Waals surface area contributed by atoms with Gasteiger partial charge < -0.3 is 9.80 Å². The smallest absolute Gasteiger partial charge is 0.137 e. The molecule has 6 aromatic carbocycles. The number of anilines is 4. The minimum absolute atomic E-state index is 0.0338. The summed E-state index contributed by atoms with van der Waals surface area (Å²) in [6.45, 7) is 23.9. The van der Waals surface area contributed by atoms with E-state index in [0.29, 0.717) is 0 Å². The van der Waals surface area contributed by atoms with Gasteiger partial charge in [0.2, 0.25) is 0 Å². The Kier molecular flexibility index (Phi) is 9.35. The summed E-state index contributed by atoms with van der Waals surface area (Å²) in [6, 6.07) is 56.3. The number of benzene rings is 6. The molecule has 0 saturated carbocycles. The van der Waals surface area contributed by atoms with E-state index in [9.17, 15) is 0 Å². The van der Waals surface area contributed by atoms with Gasteiger partial charge in [0.1, 0.15) is 12.5 Å². The van der Waals surface area contributed by atoms with E-state index in [-0.39, 0.29) is 21.7 Å². The van der Waals surface area contributed by atoms with Crippen LogP contribution in [-0.4, -0.2) is 16.2 Å². The van der Waals surface area contributed by atoms with Crippen LogP contribution in [0.25, 0.3) is 27.6 Å². The van der Waals surface area contributed by atoms with Crippen molar-refractivity contribution in [3.8, 4) is 5.82 Å². The van der Waals surface area contributed by atoms with Gasteiger partial charge in [0.05, 0.1) is 22.4 Å². The first kappa shape index (κ1) is 39.3. The van der Waals surface area contributed by atoms with E-state index < -0.39 is 0 Å². The maximum absolute atomic E-state index is 5.03. The van der Waals surface area contributed by atoms with Gasteiger partial charge in [0.25, 0.3) is 0 Å². The Labute approximate surface area is 357 Å². The average Bonchev–Trinajstić information content (AvgIpc) is 3.79. The summed E-state index contributed by atoms with van der Waals surface area (Å²) in [5.74, 6) is 0.930. The van der Waals surface area contributed by atoms with Crippen molar-refractivity contribution in [2.75, 3.05) is 16.5 Å². The summed E-state index contributed by atoms with van der Waals surface area (Å²) in [7, 11) is 0. The molecule has 0 aliphatic carbocycles. The normalized spacial score (nSPS) is 13.7. The fourth-order valence-electron chi connectivity index (χ4n) is 9.08. The molecular weight excluding hydrogens is 729 g/mol. The maximum Gasteiger partial charge on any atom is 0.137 e. The summed E-state index contributed by atoms with van der Waals surface area (Å²) < 4.78 is 2.36. The Balaban J connectivity index is 1.11. The lowest BCUT2D eigenvalue weighted by atomic mass is 9.77. The Morgan fingerprint density at radius 1 is 0.400 bits per heavy atom. The first-order valence-corrected chi connectivity index (χ1v) is 21.5. The second-order valence-electron chi connectivity index (χ2n) is 19.9. The highest BCUT2D eigenvalue weighted by Crippen LogP contribution is 2.47. The van der Waals surface area contributed by atoms with Crippen molar-refractivity contribution in [3.63, 3.8) is 0 Å². The molecule has 8 aromatic rings. The molecule has 1 aliphatic heterocycles. The molecule has 0 bridgehead atoms. The van der Waals surface area contributed by atoms with Gasteiger partial charge in [-0.2, -0.15) is 0 Å². The van der Waals surface area contributed by atoms with E-state index >= 15 is 0 Å². The van der Waals surface area contributed by atoms with Crippen molar-refractivity contribution >= 4 is 44.6 Å². The SMILES string of the molecule is CC(C)(C)c1cc(N2CN(c3cccc(C(C)(C)c4ccc5c6ccccc6n(-c6cc(C(C)(C)c7ccccc7)ccn6)c5c4)c3)c3ccccc32)cc(C(C)(C)C)c1. The third-order valence-electron chi connectivity index (χ3n) is 13.2. The predicted molar refractivity (Wildman–Crippen MR) is 255 cm³/mol. The molecule has 0 N–H and O–H groups in total. The molecule has 9 rings (SSSR count).